The molecule has 1 aliphatic heterocycles. The maximum atomic E-state index is 12.9. The SMILES string of the molecule is CCc1nc2cc(-c3ccc(C(=O)N4CC(F)(F)C4)cc3)cc(Cl)c2o1. The number of nitrogens with zero attached hydrogens (tertiary/aromatic N) is 2. The van der Waals surface area contributed by atoms with Gasteiger partial charge in [0, 0.05) is 12.0 Å². The van der Waals surface area contributed by atoms with Crippen LogP contribution in [0.3, 0.4) is 0 Å². The molecule has 1 fully saturated rings. The van der Waals surface area contributed by atoms with E-state index in [9.17, 15) is 13.6 Å². The van der Waals surface area contributed by atoms with E-state index >= 15 is 0 Å². The van der Waals surface area contributed by atoms with E-state index in [4.69, 9.17) is 16.0 Å². The molecule has 134 valence electrons. The van der Waals surface area contributed by atoms with Gasteiger partial charge in [-0.3, -0.25) is 4.79 Å². The van der Waals surface area contributed by atoms with Crippen LogP contribution in [0.4, 0.5) is 8.78 Å². The molecule has 0 spiro atoms. The zero-order chi connectivity index (χ0) is 18.5. The van der Waals surface area contributed by atoms with E-state index < -0.39 is 19.0 Å². The van der Waals surface area contributed by atoms with Crippen molar-refractivity contribution in [2.45, 2.75) is 19.3 Å². The van der Waals surface area contributed by atoms with E-state index in [1.807, 2.05) is 13.0 Å². The predicted molar refractivity (Wildman–Crippen MR) is 94.7 cm³/mol. The Kier molecular flexibility index (Phi) is 3.95. The van der Waals surface area contributed by atoms with Gasteiger partial charge in [-0.1, -0.05) is 30.7 Å². The summed E-state index contributed by atoms with van der Waals surface area (Å²) in [4.78, 5) is 17.7. The van der Waals surface area contributed by atoms with E-state index in [0.29, 0.717) is 34.0 Å². The van der Waals surface area contributed by atoms with Gasteiger partial charge in [-0.05, 0) is 35.4 Å². The standard InChI is InChI=1S/C19H15ClF2N2O2/c1-2-16-23-15-8-13(7-14(20)17(15)26-16)11-3-5-12(6-4-11)18(25)24-9-19(21,22)10-24/h3-8H,2,9-10H2,1H3. The number of aryl methyl sites for hydroxylation is 1. The maximum absolute atomic E-state index is 12.9. The molecule has 1 saturated heterocycles. The molecule has 0 atom stereocenters. The number of rotatable bonds is 3. The summed E-state index contributed by atoms with van der Waals surface area (Å²) in [5.41, 5.74) is 3.30. The number of carbonyl (C=O) groups excluding carboxylic acids is 1. The van der Waals surface area contributed by atoms with Crippen LogP contribution in [0.2, 0.25) is 5.02 Å². The Morgan fingerprint density at radius 2 is 1.92 bits per heavy atom. The summed E-state index contributed by atoms with van der Waals surface area (Å²) in [6, 6.07) is 10.4. The molecule has 0 N–H and O–H groups in total. The van der Waals surface area contributed by atoms with Crippen molar-refractivity contribution in [3.63, 3.8) is 0 Å². The molecule has 2 heterocycles. The largest absolute Gasteiger partial charge is 0.439 e. The topological polar surface area (TPSA) is 46.3 Å². The van der Waals surface area contributed by atoms with Crippen LogP contribution in [0.25, 0.3) is 22.2 Å². The number of alkyl halides is 2. The second kappa shape index (κ2) is 6.06. The van der Waals surface area contributed by atoms with Crippen LogP contribution in [-0.2, 0) is 6.42 Å². The Bertz CT molecular complexity index is 991. The molecule has 0 aliphatic carbocycles. The van der Waals surface area contributed by atoms with Crippen LogP contribution in [-0.4, -0.2) is 34.8 Å². The smallest absolute Gasteiger partial charge is 0.282 e. The molecule has 0 saturated carbocycles. The Morgan fingerprint density at radius 3 is 2.54 bits per heavy atom. The van der Waals surface area contributed by atoms with E-state index in [0.717, 1.165) is 16.0 Å². The molecule has 7 heteroatoms. The number of hydrogen-bond donors (Lipinski definition) is 0. The Labute approximate surface area is 153 Å². The second-order valence-electron chi connectivity index (χ2n) is 6.36. The third-order valence-electron chi connectivity index (χ3n) is 4.39. The van der Waals surface area contributed by atoms with Crippen LogP contribution < -0.4 is 0 Å². The van der Waals surface area contributed by atoms with Gasteiger partial charge in [0.15, 0.2) is 11.5 Å². The Balaban J connectivity index is 1.61. The first-order valence-corrected chi connectivity index (χ1v) is 8.60. The van der Waals surface area contributed by atoms with Crippen molar-refractivity contribution < 1.29 is 18.0 Å². The van der Waals surface area contributed by atoms with Crippen LogP contribution in [0.1, 0.15) is 23.2 Å². The van der Waals surface area contributed by atoms with Gasteiger partial charge >= 0.3 is 0 Å². The molecular weight excluding hydrogens is 362 g/mol. The molecule has 4 rings (SSSR count). The minimum Gasteiger partial charge on any atom is -0.439 e. The lowest BCUT2D eigenvalue weighted by Crippen LogP contribution is -2.58. The zero-order valence-electron chi connectivity index (χ0n) is 13.9. The molecule has 0 unspecified atom stereocenters. The molecule has 26 heavy (non-hydrogen) atoms. The minimum absolute atomic E-state index is 0.381. The fourth-order valence-corrected chi connectivity index (χ4v) is 3.25. The van der Waals surface area contributed by atoms with Crippen molar-refractivity contribution in [2.75, 3.05) is 13.1 Å². The first-order chi connectivity index (χ1) is 12.4. The van der Waals surface area contributed by atoms with E-state index in [1.165, 1.54) is 0 Å². The lowest BCUT2D eigenvalue weighted by atomic mass is 10.0. The first-order valence-electron chi connectivity index (χ1n) is 8.23. The Hall–Kier alpha value is -2.47. The lowest BCUT2D eigenvalue weighted by molar-refractivity contribution is -0.113. The first kappa shape index (κ1) is 17.0. The molecule has 3 aromatic rings. The summed E-state index contributed by atoms with van der Waals surface area (Å²) in [5.74, 6) is -2.54. The lowest BCUT2D eigenvalue weighted by Gasteiger charge is -2.38. The van der Waals surface area contributed by atoms with Crippen LogP contribution in [0.5, 0.6) is 0 Å². The van der Waals surface area contributed by atoms with Crippen molar-refractivity contribution in [3.8, 4) is 11.1 Å². The van der Waals surface area contributed by atoms with E-state index in [2.05, 4.69) is 4.98 Å². The molecule has 0 bridgehead atoms. The fraction of sp³-hybridized carbons (Fsp3) is 0.263. The molecule has 1 aliphatic rings. The molecular formula is C19H15ClF2N2O2. The molecule has 1 amide bonds. The van der Waals surface area contributed by atoms with Crippen LogP contribution in [0.15, 0.2) is 40.8 Å². The number of benzene rings is 2. The number of amides is 1. The van der Waals surface area contributed by atoms with Crippen molar-refractivity contribution in [1.82, 2.24) is 9.88 Å². The number of hydrogen-bond acceptors (Lipinski definition) is 3. The zero-order valence-corrected chi connectivity index (χ0v) is 14.7. The number of oxazole rings is 1. The average Bonchev–Trinajstić information content (AvgIpc) is 3.03. The molecule has 2 aromatic carbocycles. The quantitative estimate of drug-likeness (QED) is 0.659. The normalized spacial score (nSPS) is 15.9. The van der Waals surface area contributed by atoms with Crippen molar-refractivity contribution in [3.05, 3.63) is 52.9 Å². The highest BCUT2D eigenvalue weighted by molar-refractivity contribution is 6.35. The van der Waals surface area contributed by atoms with Gasteiger partial charge in [0.25, 0.3) is 11.8 Å². The average molecular weight is 377 g/mol. The van der Waals surface area contributed by atoms with Gasteiger partial charge in [-0.25, -0.2) is 13.8 Å². The van der Waals surface area contributed by atoms with Crippen molar-refractivity contribution in [1.29, 1.82) is 0 Å². The molecule has 1 aromatic heterocycles. The highest BCUT2D eigenvalue weighted by atomic mass is 35.5. The van der Waals surface area contributed by atoms with Crippen molar-refractivity contribution in [2.24, 2.45) is 0 Å². The summed E-state index contributed by atoms with van der Waals surface area (Å²) in [6.07, 6.45) is 0.673. The van der Waals surface area contributed by atoms with Crippen LogP contribution in [0, 0.1) is 0 Å². The summed E-state index contributed by atoms with van der Waals surface area (Å²) in [7, 11) is 0. The van der Waals surface area contributed by atoms with E-state index in [-0.39, 0.29) is 5.91 Å². The van der Waals surface area contributed by atoms with Gasteiger partial charge < -0.3 is 9.32 Å². The van der Waals surface area contributed by atoms with Gasteiger partial charge in [0.1, 0.15) is 5.52 Å². The van der Waals surface area contributed by atoms with Gasteiger partial charge in [0.2, 0.25) is 0 Å². The third kappa shape index (κ3) is 2.94. The highest BCUT2D eigenvalue weighted by Crippen LogP contribution is 2.32. The number of likely N-dealkylation sites (tertiary alicyclic amines) is 1. The van der Waals surface area contributed by atoms with Gasteiger partial charge in [-0.15, -0.1) is 0 Å². The highest BCUT2D eigenvalue weighted by Gasteiger charge is 2.46. The predicted octanol–water partition coefficient (Wildman–Crippen LogP) is 4.80. The summed E-state index contributed by atoms with van der Waals surface area (Å²) >= 11 is 6.29. The summed E-state index contributed by atoms with van der Waals surface area (Å²) in [5, 5.41) is 0.465. The number of fused-ring (bicyclic) bond motifs is 1. The third-order valence-corrected chi connectivity index (χ3v) is 4.67. The number of carbonyl (C=O) groups is 1. The van der Waals surface area contributed by atoms with Gasteiger partial charge in [-0.2, -0.15) is 0 Å². The van der Waals surface area contributed by atoms with Gasteiger partial charge in [0.05, 0.1) is 18.1 Å². The summed E-state index contributed by atoms with van der Waals surface area (Å²) in [6.45, 7) is 0.904. The maximum Gasteiger partial charge on any atom is 0.282 e. The van der Waals surface area contributed by atoms with E-state index in [1.54, 1.807) is 30.3 Å². The minimum atomic E-state index is -2.77. The molecule has 0 radical (unpaired) electrons. The molecule has 4 nitrogen and oxygen atoms in total. The fourth-order valence-electron chi connectivity index (χ4n) is 3.00. The second-order valence-corrected chi connectivity index (χ2v) is 6.77. The monoisotopic (exact) mass is 376 g/mol. The number of aromatic nitrogens is 1. The van der Waals surface area contributed by atoms with Crippen molar-refractivity contribution >= 4 is 28.6 Å². The van der Waals surface area contributed by atoms with Crippen LogP contribution >= 0.6 is 11.6 Å². The Morgan fingerprint density at radius 1 is 1.23 bits per heavy atom. The number of halogens is 3. The summed E-state index contributed by atoms with van der Waals surface area (Å²) < 4.78 is 31.4.